The van der Waals surface area contributed by atoms with Gasteiger partial charge in [0.2, 0.25) is 0 Å². The van der Waals surface area contributed by atoms with E-state index in [1.807, 2.05) is 25.1 Å². The molecule has 1 atom stereocenters. The van der Waals surface area contributed by atoms with E-state index in [1.165, 1.54) is 16.7 Å². The Kier molecular flexibility index (Phi) is 4.72. The molecular formula is C17H18N2. The average molecular weight is 250 g/mol. The van der Waals surface area contributed by atoms with E-state index >= 15 is 0 Å². The van der Waals surface area contributed by atoms with E-state index in [0.29, 0.717) is 0 Å². The van der Waals surface area contributed by atoms with Crippen molar-refractivity contribution in [2.24, 2.45) is 5.92 Å². The maximum atomic E-state index is 8.70. The minimum atomic E-state index is 0.0589. The van der Waals surface area contributed by atoms with E-state index in [4.69, 9.17) is 5.26 Å². The summed E-state index contributed by atoms with van der Waals surface area (Å²) in [5.41, 5.74) is 3.71. The van der Waals surface area contributed by atoms with Gasteiger partial charge in [0.15, 0.2) is 0 Å². The van der Waals surface area contributed by atoms with Crippen LogP contribution in [0.5, 0.6) is 0 Å². The van der Waals surface area contributed by atoms with Crippen molar-refractivity contribution in [2.75, 3.05) is 6.54 Å². The molecule has 0 aliphatic heterocycles. The molecule has 0 fully saturated rings. The van der Waals surface area contributed by atoms with Crippen molar-refractivity contribution in [2.45, 2.75) is 13.5 Å². The molecule has 0 heterocycles. The minimum absolute atomic E-state index is 0.0589. The third-order valence-electron chi connectivity index (χ3n) is 3.06. The highest BCUT2D eigenvalue weighted by molar-refractivity contribution is 5.63. The van der Waals surface area contributed by atoms with E-state index in [0.717, 1.165) is 13.1 Å². The maximum Gasteiger partial charge on any atom is 0.0666 e. The number of nitrogens with zero attached hydrogens (tertiary/aromatic N) is 1. The van der Waals surface area contributed by atoms with Crippen molar-refractivity contribution in [3.63, 3.8) is 0 Å². The standard InChI is InChI=1S/C17H18N2/c1-14(11-18)12-19-13-15-7-9-17(10-8-15)16-5-3-2-4-6-16/h2-10,14,19H,12-13H2,1H3. The van der Waals surface area contributed by atoms with Gasteiger partial charge in [-0.25, -0.2) is 0 Å². The first-order valence-electron chi connectivity index (χ1n) is 6.54. The average Bonchev–Trinajstić information content (AvgIpc) is 2.48. The van der Waals surface area contributed by atoms with Crippen molar-refractivity contribution in [1.82, 2.24) is 5.32 Å². The van der Waals surface area contributed by atoms with Crippen LogP contribution in [0.1, 0.15) is 12.5 Å². The molecule has 0 radical (unpaired) electrons. The normalized spacial score (nSPS) is 11.8. The lowest BCUT2D eigenvalue weighted by atomic mass is 10.0. The highest BCUT2D eigenvalue weighted by Gasteiger charge is 2.00. The van der Waals surface area contributed by atoms with Crippen molar-refractivity contribution >= 4 is 0 Å². The second-order valence-electron chi connectivity index (χ2n) is 4.72. The first-order valence-corrected chi connectivity index (χ1v) is 6.54. The van der Waals surface area contributed by atoms with E-state index in [1.54, 1.807) is 0 Å². The molecule has 2 heteroatoms. The molecule has 0 aliphatic rings. The van der Waals surface area contributed by atoms with Crippen LogP contribution in [0.4, 0.5) is 0 Å². The number of nitriles is 1. The van der Waals surface area contributed by atoms with E-state index in [2.05, 4.69) is 47.8 Å². The van der Waals surface area contributed by atoms with Gasteiger partial charge in [0, 0.05) is 13.1 Å². The molecule has 0 spiro atoms. The van der Waals surface area contributed by atoms with Crippen LogP contribution in [0.15, 0.2) is 54.6 Å². The Bertz CT molecular complexity index is 538. The molecule has 0 saturated heterocycles. The highest BCUT2D eigenvalue weighted by Crippen LogP contribution is 2.19. The number of nitrogens with one attached hydrogen (secondary N) is 1. The fourth-order valence-electron chi connectivity index (χ4n) is 1.92. The van der Waals surface area contributed by atoms with Gasteiger partial charge in [0.05, 0.1) is 12.0 Å². The zero-order valence-electron chi connectivity index (χ0n) is 11.1. The van der Waals surface area contributed by atoms with Crippen molar-refractivity contribution in [3.05, 3.63) is 60.2 Å². The van der Waals surface area contributed by atoms with Crippen LogP contribution in [-0.2, 0) is 6.54 Å². The molecule has 0 aromatic heterocycles. The lowest BCUT2D eigenvalue weighted by Crippen LogP contribution is -2.19. The molecule has 2 aromatic rings. The Hall–Kier alpha value is -2.11. The fraction of sp³-hybridized carbons (Fsp3) is 0.235. The van der Waals surface area contributed by atoms with Crippen LogP contribution in [-0.4, -0.2) is 6.54 Å². The highest BCUT2D eigenvalue weighted by atomic mass is 14.8. The van der Waals surface area contributed by atoms with E-state index < -0.39 is 0 Å². The van der Waals surface area contributed by atoms with Crippen molar-refractivity contribution < 1.29 is 0 Å². The predicted molar refractivity (Wildman–Crippen MR) is 78.4 cm³/mol. The first kappa shape index (κ1) is 13.3. The van der Waals surface area contributed by atoms with Crippen LogP contribution < -0.4 is 5.32 Å². The SMILES string of the molecule is CC(C#N)CNCc1ccc(-c2ccccc2)cc1. The number of hydrogen-bond donors (Lipinski definition) is 1. The molecule has 0 aliphatic carbocycles. The van der Waals surface area contributed by atoms with Gasteiger partial charge in [-0.05, 0) is 23.6 Å². The molecule has 0 amide bonds. The smallest absolute Gasteiger partial charge is 0.0666 e. The van der Waals surface area contributed by atoms with Gasteiger partial charge < -0.3 is 5.32 Å². The second kappa shape index (κ2) is 6.72. The van der Waals surface area contributed by atoms with Crippen LogP contribution in [0.3, 0.4) is 0 Å². The van der Waals surface area contributed by atoms with Crippen molar-refractivity contribution in [1.29, 1.82) is 5.26 Å². The molecule has 0 bridgehead atoms. The van der Waals surface area contributed by atoms with Crippen LogP contribution in [0.2, 0.25) is 0 Å². The summed E-state index contributed by atoms with van der Waals surface area (Å²) in [7, 11) is 0. The maximum absolute atomic E-state index is 8.70. The number of benzene rings is 2. The Morgan fingerprint density at radius 3 is 2.26 bits per heavy atom. The topological polar surface area (TPSA) is 35.8 Å². The third kappa shape index (κ3) is 3.94. The predicted octanol–water partition coefficient (Wildman–Crippen LogP) is 3.60. The van der Waals surface area contributed by atoms with Gasteiger partial charge in [-0.1, -0.05) is 54.6 Å². The van der Waals surface area contributed by atoms with Crippen LogP contribution in [0, 0.1) is 17.2 Å². The molecular weight excluding hydrogens is 232 g/mol. The molecule has 1 N–H and O–H groups in total. The zero-order chi connectivity index (χ0) is 13.5. The summed E-state index contributed by atoms with van der Waals surface area (Å²) in [6.45, 7) is 3.46. The zero-order valence-corrected chi connectivity index (χ0v) is 11.1. The Labute approximate surface area is 114 Å². The van der Waals surface area contributed by atoms with Gasteiger partial charge in [-0.3, -0.25) is 0 Å². The van der Waals surface area contributed by atoms with Gasteiger partial charge in [-0.2, -0.15) is 5.26 Å². The van der Waals surface area contributed by atoms with E-state index in [-0.39, 0.29) is 5.92 Å². The largest absolute Gasteiger partial charge is 0.311 e. The lowest BCUT2D eigenvalue weighted by molar-refractivity contribution is 0.602. The minimum Gasteiger partial charge on any atom is -0.311 e. The van der Waals surface area contributed by atoms with Gasteiger partial charge in [0.1, 0.15) is 0 Å². The number of hydrogen-bond acceptors (Lipinski definition) is 2. The third-order valence-corrected chi connectivity index (χ3v) is 3.06. The quantitative estimate of drug-likeness (QED) is 0.880. The summed E-state index contributed by atoms with van der Waals surface area (Å²) in [4.78, 5) is 0. The van der Waals surface area contributed by atoms with Gasteiger partial charge in [0.25, 0.3) is 0 Å². The van der Waals surface area contributed by atoms with Crippen molar-refractivity contribution in [3.8, 4) is 17.2 Å². The van der Waals surface area contributed by atoms with Crippen LogP contribution >= 0.6 is 0 Å². The van der Waals surface area contributed by atoms with Crippen LogP contribution in [0.25, 0.3) is 11.1 Å². The van der Waals surface area contributed by atoms with Gasteiger partial charge in [-0.15, -0.1) is 0 Å². The summed E-state index contributed by atoms with van der Waals surface area (Å²) < 4.78 is 0. The molecule has 0 saturated carbocycles. The summed E-state index contributed by atoms with van der Waals surface area (Å²) in [6.07, 6.45) is 0. The summed E-state index contributed by atoms with van der Waals surface area (Å²) in [5.74, 6) is 0.0589. The monoisotopic (exact) mass is 250 g/mol. The Balaban J connectivity index is 1.94. The molecule has 2 rings (SSSR count). The Morgan fingerprint density at radius 2 is 1.63 bits per heavy atom. The summed E-state index contributed by atoms with van der Waals surface area (Å²) in [6, 6.07) is 21.1. The van der Waals surface area contributed by atoms with Gasteiger partial charge >= 0.3 is 0 Å². The fourth-order valence-corrected chi connectivity index (χ4v) is 1.92. The molecule has 19 heavy (non-hydrogen) atoms. The summed E-state index contributed by atoms with van der Waals surface area (Å²) in [5, 5.41) is 12.0. The Morgan fingerprint density at radius 1 is 1.00 bits per heavy atom. The number of rotatable bonds is 5. The molecule has 1 unspecified atom stereocenters. The second-order valence-corrected chi connectivity index (χ2v) is 4.72. The lowest BCUT2D eigenvalue weighted by Gasteiger charge is -2.07. The molecule has 96 valence electrons. The molecule has 2 nitrogen and oxygen atoms in total. The summed E-state index contributed by atoms with van der Waals surface area (Å²) >= 11 is 0. The molecule has 2 aromatic carbocycles. The first-order chi connectivity index (χ1) is 9.29. The van der Waals surface area contributed by atoms with E-state index in [9.17, 15) is 0 Å².